The molecule has 162 valence electrons. The van der Waals surface area contributed by atoms with Crippen LogP contribution in [0.3, 0.4) is 0 Å². The van der Waals surface area contributed by atoms with E-state index in [1.54, 1.807) is 0 Å². The Morgan fingerprint density at radius 3 is 1.19 bits per heavy atom. The molecule has 0 aromatic carbocycles. The second-order valence-corrected chi connectivity index (χ2v) is 6.55. The second-order valence-electron chi connectivity index (χ2n) is 5.08. The molecule has 0 aromatic rings. The summed E-state index contributed by atoms with van der Waals surface area (Å²) in [7, 11) is -8.51. The number of rotatable bonds is 2. The van der Waals surface area contributed by atoms with Crippen molar-refractivity contribution in [1.82, 2.24) is 0 Å². The Morgan fingerprint density at radius 1 is 0.593 bits per heavy atom. The Balaban J connectivity index is 4.32. The molecule has 0 bridgehead atoms. The van der Waals surface area contributed by atoms with Gasteiger partial charge in [-0.05, 0) is 0 Å². The van der Waals surface area contributed by atoms with Gasteiger partial charge in [-0.25, -0.2) is 17.2 Å². The van der Waals surface area contributed by atoms with Gasteiger partial charge in [0.15, 0.2) is 0 Å². The molecule has 1 saturated carbocycles. The SMILES string of the molecule is O=S(=O)([O-])C1(F)C(F)(F)C(F)(F)C(F)(F)C(F)(C(F)(F)C(F)(F)F)C1(F)F. The van der Waals surface area contributed by atoms with E-state index in [0.717, 1.165) is 0 Å². The normalized spacial score (nSPS) is 35.7. The molecule has 0 amide bonds. The van der Waals surface area contributed by atoms with Crippen molar-refractivity contribution >= 4 is 10.1 Å². The average Bonchev–Trinajstić information content (AvgIpc) is 2.40. The van der Waals surface area contributed by atoms with Crippen molar-refractivity contribution in [3.63, 3.8) is 0 Å². The third kappa shape index (κ3) is 2.04. The highest BCUT2D eigenvalue weighted by atomic mass is 32.2. The molecule has 2 atom stereocenters. The Kier molecular flexibility index (Phi) is 4.48. The van der Waals surface area contributed by atoms with Crippen LogP contribution in [0.1, 0.15) is 0 Å². The number of hydrogen-bond acceptors (Lipinski definition) is 3. The summed E-state index contributed by atoms with van der Waals surface area (Å²) in [5.41, 5.74) is -8.68. The highest BCUT2D eigenvalue weighted by Gasteiger charge is 3.07. The van der Waals surface area contributed by atoms with E-state index in [9.17, 15) is 78.8 Å². The van der Waals surface area contributed by atoms with E-state index in [0.29, 0.717) is 0 Å². The van der Waals surface area contributed by atoms with Gasteiger partial charge >= 0.3 is 46.5 Å². The minimum absolute atomic E-state index is 8.00. The van der Waals surface area contributed by atoms with E-state index in [-0.39, 0.29) is 0 Å². The summed E-state index contributed by atoms with van der Waals surface area (Å²) in [6.07, 6.45) is -8.00. The Morgan fingerprint density at radius 2 is 0.926 bits per heavy atom. The molecule has 2 unspecified atom stereocenters. The highest BCUT2D eigenvalue weighted by molar-refractivity contribution is 7.87. The first-order valence-electron chi connectivity index (χ1n) is 5.54. The van der Waals surface area contributed by atoms with Crippen LogP contribution in [0.25, 0.3) is 0 Å². The van der Waals surface area contributed by atoms with Crippen molar-refractivity contribution in [2.75, 3.05) is 0 Å². The molecule has 0 heterocycles. The summed E-state index contributed by atoms with van der Waals surface area (Å²) in [4.78, 5) is 0. The maximum Gasteiger partial charge on any atom is 0.457 e. The van der Waals surface area contributed by atoms with E-state index < -0.39 is 56.6 Å². The minimum atomic E-state index is -8.68. The first-order chi connectivity index (χ1) is 11.2. The van der Waals surface area contributed by atoms with Crippen LogP contribution in [0.15, 0.2) is 0 Å². The monoisotopic (exact) mass is 461 g/mol. The van der Waals surface area contributed by atoms with Crippen LogP contribution in [0.4, 0.5) is 65.9 Å². The zero-order valence-electron chi connectivity index (χ0n) is 11.3. The maximum atomic E-state index is 13.8. The van der Waals surface area contributed by atoms with Crippen LogP contribution in [-0.4, -0.2) is 59.4 Å². The lowest BCUT2D eigenvalue weighted by Gasteiger charge is -2.56. The van der Waals surface area contributed by atoms with E-state index in [1.807, 2.05) is 0 Å². The summed E-state index contributed by atoms with van der Waals surface area (Å²) in [5.74, 6) is -41.9. The van der Waals surface area contributed by atoms with Crippen molar-refractivity contribution in [3.8, 4) is 0 Å². The molecule has 1 fully saturated rings. The van der Waals surface area contributed by atoms with Gasteiger partial charge in [0.25, 0.3) is 0 Å². The predicted octanol–water partition coefficient (Wildman–Crippen LogP) is 3.66. The highest BCUT2D eigenvalue weighted by Crippen LogP contribution is 2.74. The molecule has 0 N–H and O–H groups in total. The van der Waals surface area contributed by atoms with Crippen LogP contribution < -0.4 is 0 Å². The Hall–Kier alpha value is -1.14. The van der Waals surface area contributed by atoms with Crippen LogP contribution in [0.5, 0.6) is 0 Å². The number of halogens is 15. The molecule has 27 heavy (non-hydrogen) atoms. The van der Waals surface area contributed by atoms with E-state index in [4.69, 9.17) is 0 Å². The van der Waals surface area contributed by atoms with Gasteiger partial charge < -0.3 is 4.55 Å². The van der Waals surface area contributed by atoms with E-state index in [1.165, 1.54) is 0 Å². The summed E-state index contributed by atoms with van der Waals surface area (Å²) in [5, 5.41) is -8.18. The van der Waals surface area contributed by atoms with E-state index in [2.05, 4.69) is 0 Å². The van der Waals surface area contributed by atoms with Crippen LogP contribution in [-0.2, 0) is 10.1 Å². The third-order valence-electron chi connectivity index (χ3n) is 3.59. The molecule has 1 aliphatic rings. The molecule has 1 aliphatic carbocycles. The quantitative estimate of drug-likeness (QED) is 0.466. The zero-order chi connectivity index (χ0) is 22.5. The third-order valence-corrected chi connectivity index (χ3v) is 4.80. The van der Waals surface area contributed by atoms with Gasteiger partial charge in [-0.15, -0.1) is 0 Å². The lowest BCUT2D eigenvalue weighted by atomic mass is 9.69. The first kappa shape index (κ1) is 23.9. The van der Waals surface area contributed by atoms with Crippen molar-refractivity contribution < 1.29 is 78.8 Å². The van der Waals surface area contributed by atoms with Gasteiger partial charge in [-0.3, -0.25) is 0 Å². The molecule has 0 aliphatic heterocycles. The smallest absolute Gasteiger partial charge is 0.457 e. The van der Waals surface area contributed by atoms with Gasteiger partial charge in [0.05, 0.1) is 0 Å². The van der Waals surface area contributed by atoms with Gasteiger partial charge in [-0.2, -0.15) is 57.1 Å². The topological polar surface area (TPSA) is 57.2 Å². The fourth-order valence-electron chi connectivity index (χ4n) is 2.13. The fraction of sp³-hybridized carbons (Fsp3) is 1.00. The maximum absolute atomic E-state index is 13.8. The number of alkyl halides is 15. The molecule has 3 nitrogen and oxygen atoms in total. The Labute approximate surface area is 136 Å². The molecule has 0 radical (unpaired) electrons. The second kappa shape index (κ2) is 5.07. The van der Waals surface area contributed by atoms with Crippen molar-refractivity contribution in [2.24, 2.45) is 0 Å². The largest absolute Gasteiger partial charge is 0.745 e. The molecule has 0 aromatic heterocycles. The van der Waals surface area contributed by atoms with Crippen molar-refractivity contribution in [2.45, 2.75) is 46.5 Å². The molecule has 0 saturated heterocycles. The van der Waals surface area contributed by atoms with Crippen LogP contribution in [0, 0.1) is 0 Å². The van der Waals surface area contributed by atoms with Crippen molar-refractivity contribution in [1.29, 1.82) is 0 Å². The van der Waals surface area contributed by atoms with Crippen LogP contribution in [0.2, 0.25) is 0 Å². The molecule has 1 rings (SSSR count). The zero-order valence-corrected chi connectivity index (χ0v) is 12.1. The van der Waals surface area contributed by atoms with E-state index >= 15 is 0 Å². The summed E-state index contributed by atoms with van der Waals surface area (Å²) in [6, 6.07) is 0. The summed E-state index contributed by atoms with van der Waals surface area (Å²) in [6.45, 7) is 0. The minimum Gasteiger partial charge on any atom is -0.745 e. The summed E-state index contributed by atoms with van der Waals surface area (Å²) >= 11 is 0. The first-order valence-corrected chi connectivity index (χ1v) is 6.95. The molecule has 0 spiro atoms. The standard InChI is InChI=1S/C8HF15O3S/c9-1(4(14,15)8(21,22)23)2(10,11)5(16,17)6(18,19)7(20,3(1,12)13)27(24,25)26/h(H,24,25,26)/p-1. The lowest BCUT2D eigenvalue weighted by Crippen LogP contribution is -2.90. The van der Waals surface area contributed by atoms with Gasteiger partial charge in [-0.1, -0.05) is 0 Å². The summed E-state index contributed by atoms with van der Waals surface area (Å²) < 4.78 is 227. The Bertz CT molecular complexity index is 739. The fourth-order valence-corrected chi connectivity index (χ4v) is 3.03. The molecular formula is C8F15O3S-. The molecule has 19 heteroatoms. The number of hydrogen-bond donors (Lipinski definition) is 0. The van der Waals surface area contributed by atoms with Crippen molar-refractivity contribution in [3.05, 3.63) is 0 Å². The van der Waals surface area contributed by atoms with Gasteiger partial charge in [0, 0.05) is 0 Å². The van der Waals surface area contributed by atoms with Gasteiger partial charge in [0.1, 0.15) is 10.1 Å². The van der Waals surface area contributed by atoms with Crippen LogP contribution >= 0.6 is 0 Å². The predicted molar refractivity (Wildman–Crippen MR) is 48.2 cm³/mol. The average molecular weight is 461 g/mol. The lowest BCUT2D eigenvalue weighted by molar-refractivity contribution is -0.492. The molecular weight excluding hydrogens is 461 g/mol. The van der Waals surface area contributed by atoms with Gasteiger partial charge in [0.2, 0.25) is 0 Å².